The minimum atomic E-state index is -0.145. The van der Waals surface area contributed by atoms with Crippen molar-refractivity contribution < 1.29 is 9.53 Å². The van der Waals surface area contributed by atoms with E-state index in [-0.39, 0.29) is 6.09 Å². The maximum atomic E-state index is 11.7. The fourth-order valence-corrected chi connectivity index (χ4v) is 3.65. The minimum absolute atomic E-state index is 0.145. The first kappa shape index (κ1) is 15.1. The predicted octanol–water partition coefficient (Wildman–Crippen LogP) is 1.82. The Morgan fingerprint density at radius 1 is 1.00 bits per heavy atom. The lowest BCUT2D eigenvalue weighted by atomic mass is 9.99. The molecule has 5 heteroatoms. The van der Waals surface area contributed by atoms with Crippen molar-refractivity contribution in [1.82, 2.24) is 15.1 Å². The number of carbonyl (C=O) groups excluding carboxylic acids is 1. The molecule has 0 atom stereocenters. The number of piperidine rings is 2. The Bertz CT molecular complexity index is 343. The van der Waals surface area contributed by atoms with Gasteiger partial charge in [0.1, 0.15) is 0 Å². The van der Waals surface area contributed by atoms with Gasteiger partial charge >= 0.3 is 6.09 Å². The van der Waals surface area contributed by atoms with Crippen molar-refractivity contribution >= 4 is 6.09 Å². The highest BCUT2D eigenvalue weighted by Gasteiger charge is 2.32. The standard InChI is InChI=1S/C16H29N3O2/c1-2-21-16(20)19-11-7-14(8-12-19)17-13-5-9-18(10-6-13)15-3-4-15/h13-15,17H,2-12H2,1H3. The summed E-state index contributed by atoms with van der Waals surface area (Å²) in [5.74, 6) is 0. The van der Waals surface area contributed by atoms with E-state index in [1.165, 1.54) is 38.8 Å². The monoisotopic (exact) mass is 295 g/mol. The van der Waals surface area contributed by atoms with Crippen LogP contribution < -0.4 is 5.32 Å². The van der Waals surface area contributed by atoms with E-state index >= 15 is 0 Å². The van der Waals surface area contributed by atoms with Crippen LogP contribution in [0.4, 0.5) is 4.79 Å². The van der Waals surface area contributed by atoms with Crippen LogP contribution in [0.5, 0.6) is 0 Å². The van der Waals surface area contributed by atoms with Gasteiger partial charge in [-0.25, -0.2) is 4.79 Å². The topological polar surface area (TPSA) is 44.8 Å². The van der Waals surface area contributed by atoms with Crippen molar-refractivity contribution in [2.75, 3.05) is 32.8 Å². The molecule has 3 rings (SSSR count). The number of rotatable bonds is 4. The van der Waals surface area contributed by atoms with E-state index < -0.39 is 0 Å². The zero-order valence-electron chi connectivity index (χ0n) is 13.2. The zero-order chi connectivity index (χ0) is 14.7. The van der Waals surface area contributed by atoms with E-state index in [0.717, 1.165) is 32.0 Å². The lowest BCUT2D eigenvalue weighted by molar-refractivity contribution is 0.0923. The first-order chi connectivity index (χ1) is 10.3. The SMILES string of the molecule is CCOC(=O)N1CCC(NC2CCN(C3CC3)CC2)CC1. The maximum absolute atomic E-state index is 11.7. The Labute approximate surface area is 128 Å². The van der Waals surface area contributed by atoms with Gasteiger partial charge in [-0.2, -0.15) is 0 Å². The number of amides is 1. The largest absolute Gasteiger partial charge is 0.450 e. The second-order valence-corrected chi connectivity index (χ2v) is 6.67. The molecule has 2 saturated heterocycles. The number of nitrogens with zero attached hydrogens (tertiary/aromatic N) is 2. The molecule has 1 aliphatic carbocycles. The second kappa shape index (κ2) is 6.97. The van der Waals surface area contributed by atoms with Crippen LogP contribution in [0.3, 0.4) is 0 Å². The third-order valence-corrected chi connectivity index (χ3v) is 5.09. The number of ether oxygens (including phenoxy) is 1. The summed E-state index contributed by atoms with van der Waals surface area (Å²) in [6.45, 7) is 6.53. The number of hydrogen-bond donors (Lipinski definition) is 1. The number of carbonyl (C=O) groups is 1. The third-order valence-electron chi connectivity index (χ3n) is 5.09. The second-order valence-electron chi connectivity index (χ2n) is 6.67. The Kier molecular flexibility index (Phi) is 5.01. The number of nitrogens with one attached hydrogen (secondary N) is 1. The molecule has 2 aliphatic heterocycles. The summed E-state index contributed by atoms with van der Waals surface area (Å²) < 4.78 is 5.07. The molecule has 3 aliphatic rings. The molecule has 1 amide bonds. The predicted molar refractivity (Wildman–Crippen MR) is 82.4 cm³/mol. The lowest BCUT2D eigenvalue weighted by Crippen LogP contribution is -2.51. The van der Waals surface area contributed by atoms with Gasteiger partial charge in [0.2, 0.25) is 0 Å². The van der Waals surface area contributed by atoms with Crippen molar-refractivity contribution in [3.63, 3.8) is 0 Å². The van der Waals surface area contributed by atoms with Crippen molar-refractivity contribution in [3.8, 4) is 0 Å². The molecule has 5 nitrogen and oxygen atoms in total. The summed E-state index contributed by atoms with van der Waals surface area (Å²) >= 11 is 0. The van der Waals surface area contributed by atoms with Gasteiger partial charge in [-0.3, -0.25) is 0 Å². The van der Waals surface area contributed by atoms with Gasteiger partial charge in [0.25, 0.3) is 0 Å². The third kappa shape index (κ3) is 4.10. The first-order valence-electron chi connectivity index (χ1n) is 8.68. The first-order valence-corrected chi connectivity index (χ1v) is 8.68. The number of likely N-dealkylation sites (tertiary alicyclic amines) is 2. The molecule has 1 N–H and O–H groups in total. The molecular weight excluding hydrogens is 266 g/mol. The molecule has 1 saturated carbocycles. The molecule has 0 aromatic rings. The van der Waals surface area contributed by atoms with E-state index in [1.807, 2.05) is 11.8 Å². The summed E-state index contributed by atoms with van der Waals surface area (Å²) in [6, 6.07) is 2.17. The van der Waals surface area contributed by atoms with Crippen molar-refractivity contribution in [3.05, 3.63) is 0 Å². The summed E-state index contributed by atoms with van der Waals surface area (Å²) in [6.07, 6.45) is 7.38. The summed E-state index contributed by atoms with van der Waals surface area (Å²) in [4.78, 5) is 16.2. The van der Waals surface area contributed by atoms with E-state index in [1.54, 1.807) is 0 Å². The highest BCUT2D eigenvalue weighted by molar-refractivity contribution is 5.67. The zero-order valence-corrected chi connectivity index (χ0v) is 13.2. The molecule has 0 unspecified atom stereocenters. The van der Waals surface area contributed by atoms with Crippen molar-refractivity contribution in [2.45, 2.75) is 63.6 Å². The Balaban J connectivity index is 1.34. The van der Waals surface area contributed by atoms with E-state index in [0.29, 0.717) is 18.7 Å². The van der Waals surface area contributed by atoms with Gasteiger partial charge in [-0.05, 0) is 58.5 Å². The summed E-state index contributed by atoms with van der Waals surface area (Å²) in [5.41, 5.74) is 0. The molecular formula is C16H29N3O2. The summed E-state index contributed by atoms with van der Waals surface area (Å²) in [5, 5.41) is 3.82. The fraction of sp³-hybridized carbons (Fsp3) is 0.938. The highest BCUT2D eigenvalue weighted by Crippen LogP contribution is 2.29. The number of hydrogen-bond acceptors (Lipinski definition) is 4. The minimum Gasteiger partial charge on any atom is -0.450 e. The highest BCUT2D eigenvalue weighted by atomic mass is 16.6. The maximum Gasteiger partial charge on any atom is 0.409 e. The quantitative estimate of drug-likeness (QED) is 0.859. The van der Waals surface area contributed by atoms with Crippen molar-refractivity contribution in [1.29, 1.82) is 0 Å². The van der Waals surface area contributed by atoms with Gasteiger partial charge < -0.3 is 19.9 Å². The van der Waals surface area contributed by atoms with Crippen molar-refractivity contribution in [2.24, 2.45) is 0 Å². The van der Waals surface area contributed by atoms with Gasteiger partial charge in [-0.15, -0.1) is 0 Å². The van der Waals surface area contributed by atoms with Crippen LogP contribution in [-0.2, 0) is 4.74 Å². The van der Waals surface area contributed by atoms with Crippen LogP contribution in [0.25, 0.3) is 0 Å². The van der Waals surface area contributed by atoms with Crippen LogP contribution in [0.2, 0.25) is 0 Å². The molecule has 2 heterocycles. The summed E-state index contributed by atoms with van der Waals surface area (Å²) in [7, 11) is 0. The van der Waals surface area contributed by atoms with E-state index in [9.17, 15) is 4.79 Å². The van der Waals surface area contributed by atoms with Crippen LogP contribution in [0.1, 0.15) is 45.4 Å². The van der Waals surface area contributed by atoms with Gasteiger partial charge in [0.05, 0.1) is 6.61 Å². The molecule has 3 fully saturated rings. The van der Waals surface area contributed by atoms with Crippen LogP contribution in [-0.4, -0.2) is 66.8 Å². The molecule has 0 radical (unpaired) electrons. The van der Waals surface area contributed by atoms with Gasteiger partial charge in [0, 0.05) is 31.2 Å². The molecule has 0 aromatic heterocycles. The average Bonchev–Trinajstić information content (AvgIpc) is 3.34. The van der Waals surface area contributed by atoms with E-state index in [2.05, 4.69) is 10.2 Å². The smallest absolute Gasteiger partial charge is 0.409 e. The molecule has 120 valence electrons. The Morgan fingerprint density at radius 3 is 2.10 bits per heavy atom. The normalized spacial score (nSPS) is 26.0. The fourth-order valence-electron chi connectivity index (χ4n) is 3.65. The molecule has 0 bridgehead atoms. The van der Waals surface area contributed by atoms with Gasteiger partial charge in [-0.1, -0.05) is 0 Å². The van der Waals surface area contributed by atoms with E-state index in [4.69, 9.17) is 4.74 Å². The van der Waals surface area contributed by atoms with Crippen LogP contribution in [0.15, 0.2) is 0 Å². The van der Waals surface area contributed by atoms with Gasteiger partial charge in [0.15, 0.2) is 0 Å². The van der Waals surface area contributed by atoms with Crippen LogP contribution >= 0.6 is 0 Å². The Morgan fingerprint density at radius 2 is 1.57 bits per heavy atom. The lowest BCUT2D eigenvalue weighted by Gasteiger charge is -2.37. The molecule has 0 aromatic carbocycles. The molecule has 0 spiro atoms. The average molecular weight is 295 g/mol. The molecule has 21 heavy (non-hydrogen) atoms. The Hall–Kier alpha value is -0.810. The van der Waals surface area contributed by atoms with Crippen LogP contribution in [0, 0.1) is 0 Å².